The summed E-state index contributed by atoms with van der Waals surface area (Å²) in [4.78, 5) is 15.0. The Morgan fingerprint density at radius 2 is 2.18 bits per heavy atom. The van der Waals surface area contributed by atoms with E-state index in [4.69, 9.17) is 0 Å². The molecule has 1 aliphatic heterocycles. The molecule has 5 nitrogen and oxygen atoms in total. The topological polar surface area (TPSA) is 61.0 Å². The van der Waals surface area contributed by atoms with Gasteiger partial charge in [0.2, 0.25) is 5.91 Å². The molecule has 0 spiro atoms. The van der Waals surface area contributed by atoms with Crippen LogP contribution in [0.4, 0.5) is 0 Å². The predicted molar refractivity (Wildman–Crippen MR) is 86.6 cm³/mol. The second-order valence-corrected chi connectivity index (χ2v) is 6.62. The van der Waals surface area contributed by atoms with Crippen LogP contribution in [0.25, 0.3) is 0 Å². The Hall–Kier alpha value is -1.36. The summed E-state index contributed by atoms with van der Waals surface area (Å²) in [6.07, 6.45) is 7.59. The number of rotatable bonds is 5. The van der Waals surface area contributed by atoms with Crippen molar-refractivity contribution in [3.05, 3.63) is 17.0 Å². The van der Waals surface area contributed by atoms with Crippen LogP contribution in [0, 0.1) is 0 Å². The quantitative estimate of drug-likeness (QED) is 0.876. The lowest BCUT2D eigenvalue weighted by Crippen LogP contribution is -2.50. The third kappa shape index (κ3) is 3.05. The SMILES string of the molecule is CCc1n[nH]c2c1CN(C(CC)C(=O)NC1CCCC1)CC2. The third-order valence-corrected chi connectivity index (χ3v) is 5.22. The molecule has 1 aromatic rings. The summed E-state index contributed by atoms with van der Waals surface area (Å²) in [7, 11) is 0. The monoisotopic (exact) mass is 304 g/mol. The Labute approximate surface area is 132 Å². The van der Waals surface area contributed by atoms with Crippen molar-refractivity contribution in [3.63, 3.8) is 0 Å². The Morgan fingerprint density at radius 1 is 1.41 bits per heavy atom. The van der Waals surface area contributed by atoms with Gasteiger partial charge in [-0.15, -0.1) is 0 Å². The van der Waals surface area contributed by atoms with E-state index in [-0.39, 0.29) is 11.9 Å². The van der Waals surface area contributed by atoms with Crippen LogP contribution in [-0.4, -0.2) is 39.6 Å². The summed E-state index contributed by atoms with van der Waals surface area (Å²) in [5.74, 6) is 0.222. The zero-order valence-electron chi connectivity index (χ0n) is 13.8. The van der Waals surface area contributed by atoms with E-state index in [2.05, 4.69) is 34.3 Å². The molecule has 1 unspecified atom stereocenters. The minimum Gasteiger partial charge on any atom is -0.352 e. The second-order valence-electron chi connectivity index (χ2n) is 6.62. The molecular weight excluding hydrogens is 276 g/mol. The van der Waals surface area contributed by atoms with Gasteiger partial charge < -0.3 is 5.32 Å². The number of amides is 1. The molecule has 3 rings (SSSR count). The highest BCUT2D eigenvalue weighted by Crippen LogP contribution is 2.24. The van der Waals surface area contributed by atoms with Gasteiger partial charge in [0, 0.05) is 36.8 Å². The molecule has 1 saturated carbocycles. The molecule has 1 aliphatic carbocycles. The van der Waals surface area contributed by atoms with Crippen LogP contribution in [0.5, 0.6) is 0 Å². The normalized spacial score (nSPS) is 20.8. The molecule has 1 aromatic heterocycles. The fraction of sp³-hybridized carbons (Fsp3) is 0.765. The van der Waals surface area contributed by atoms with Gasteiger partial charge in [-0.25, -0.2) is 0 Å². The molecule has 122 valence electrons. The van der Waals surface area contributed by atoms with Gasteiger partial charge in [0.05, 0.1) is 11.7 Å². The third-order valence-electron chi connectivity index (χ3n) is 5.22. The molecule has 1 fully saturated rings. The van der Waals surface area contributed by atoms with E-state index >= 15 is 0 Å². The number of hydrogen-bond acceptors (Lipinski definition) is 3. The van der Waals surface area contributed by atoms with Crippen molar-refractivity contribution < 1.29 is 4.79 Å². The molecule has 1 atom stereocenters. The number of H-pyrrole nitrogens is 1. The Bertz CT molecular complexity index is 505. The molecule has 0 aromatic carbocycles. The zero-order chi connectivity index (χ0) is 15.5. The molecule has 2 N–H and O–H groups in total. The van der Waals surface area contributed by atoms with E-state index in [1.807, 2.05) is 0 Å². The van der Waals surface area contributed by atoms with Gasteiger partial charge in [-0.05, 0) is 25.7 Å². The van der Waals surface area contributed by atoms with Crippen LogP contribution in [-0.2, 0) is 24.2 Å². The maximum Gasteiger partial charge on any atom is 0.237 e. The van der Waals surface area contributed by atoms with Crippen molar-refractivity contribution in [1.29, 1.82) is 0 Å². The lowest BCUT2D eigenvalue weighted by atomic mass is 10.0. The standard InChI is InChI=1S/C17H28N4O/c1-3-14-13-11-21(10-9-15(13)20-19-14)16(4-2)17(22)18-12-7-5-6-8-12/h12,16H,3-11H2,1-2H3,(H,18,22)(H,19,20). The fourth-order valence-corrected chi connectivity index (χ4v) is 3.91. The van der Waals surface area contributed by atoms with E-state index in [0.717, 1.165) is 50.9 Å². The number of aromatic nitrogens is 2. The Kier molecular flexibility index (Phi) is 4.81. The molecule has 2 aliphatic rings. The summed E-state index contributed by atoms with van der Waals surface area (Å²) in [5.41, 5.74) is 3.74. The highest BCUT2D eigenvalue weighted by Gasteiger charge is 2.31. The van der Waals surface area contributed by atoms with Gasteiger partial charge in [0.25, 0.3) is 0 Å². The first-order chi connectivity index (χ1) is 10.7. The van der Waals surface area contributed by atoms with E-state index in [0.29, 0.717) is 6.04 Å². The molecule has 1 amide bonds. The number of nitrogens with one attached hydrogen (secondary N) is 2. The largest absolute Gasteiger partial charge is 0.352 e. The van der Waals surface area contributed by atoms with Crippen LogP contribution in [0.15, 0.2) is 0 Å². The van der Waals surface area contributed by atoms with Gasteiger partial charge in [-0.1, -0.05) is 26.7 Å². The Balaban J connectivity index is 1.67. The van der Waals surface area contributed by atoms with Crippen LogP contribution in [0.2, 0.25) is 0 Å². The maximum absolute atomic E-state index is 12.7. The van der Waals surface area contributed by atoms with E-state index in [1.165, 1.54) is 24.1 Å². The molecule has 0 bridgehead atoms. The number of hydrogen-bond donors (Lipinski definition) is 2. The van der Waals surface area contributed by atoms with Crippen molar-refractivity contribution in [3.8, 4) is 0 Å². The van der Waals surface area contributed by atoms with Crippen LogP contribution in [0.3, 0.4) is 0 Å². The summed E-state index contributed by atoms with van der Waals surface area (Å²) in [6, 6.07) is 0.399. The van der Waals surface area contributed by atoms with Gasteiger partial charge in [0.1, 0.15) is 0 Å². The second kappa shape index (κ2) is 6.82. The number of carbonyl (C=O) groups excluding carboxylic acids is 1. The zero-order valence-corrected chi connectivity index (χ0v) is 13.8. The van der Waals surface area contributed by atoms with Crippen molar-refractivity contribution >= 4 is 5.91 Å². The van der Waals surface area contributed by atoms with E-state index in [9.17, 15) is 4.79 Å². The summed E-state index contributed by atoms with van der Waals surface area (Å²) >= 11 is 0. The first kappa shape index (κ1) is 15.5. The fourth-order valence-electron chi connectivity index (χ4n) is 3.91. The maximum atomic E-state index is 12.7. The van der Waals surface area contributed by atoms with E-state index in [1.54, 1.807) is 0 Å². The molecule has 0 radical (unpaired) electrons. The van der Waals surface area contributed by atoms with Crippen LogP contribution < -0.4 is 5.32 Å². The number of nitrogens with zero attached hydrogens (tertiary/aromatic N) is 2. The van der Waals surface area contributed by atoms with Crippen molar-refractivity contribution in [2.24, 2.45) is 0 Å². The number of aryl methyl sites for hydroxylation is 1. The molecule has 0 saturated heterocycles. The number of fused-ring (bicyclic) bond motifs is 1. The first-order valence-electron chi connectivity index (χ1n) is 8.82. The number of aromatic amines is 1. The molecule has 22 heavy (non-hydrogen) atoms. The van der Waals surface area contributed by atoms with Gasteiger partial charge in [-0.3, -0.25) is 14.8 Å². The highest BCUT2D eigenvalue weighted by atomic mass is 16.2. The minimum absolute atomic E-state index is 0.00615. The smallest absolute Gasteiger partial charge is 0.237 e. The molecule has 5 heteroatoms. The average Bonchev–Trinajstić information content (AvgIpc) is 3.16. The lowest BCUT2D eigenvalue weighted by molar-refractivity contribution is -0.127. The first-order valence-corrected chi connectivity index (χ1v) is 8.82. The predicted octanol–water partition coefficient (Wildman–Crippen LogP) is 2.17. The van der Waals surface area contributed by atoms with E-state index < -0.39 is 0 Å². The molecular formula is C17H28N4O. The van der Waals surface area contributed by atoms with Crippen molar-refractivity contribution in [1.82, 2.24) is 20.4 Å². The highest BCUT2D eigenvalue weighted by molar-refractivity contribution is 5.82. The van der Waals surface area contributed by atoms with Gasteiger partial charge in [0.15, 0.2) is 0 Å². The van der Waals surface area contributed by atoms with Crippen molar-refractivity contribution in [2.75, 3.05) is 6.54 Å². The average molecular weight is 304 g/mol. The van der Waals surface area contributed by atoms with Crippen molar-refractivity contribution in [2.45, 2.75) is 77.4 Å². The Morgan fingerprint density at radius 3 is 2.86 bits per heavy atom. The van der Waals surface area contributed by atoms with Crippen LogP contribution >= 0.6 is 0 Å². The molecule has 2 heterocycles. The summed E-state index contributed by atoms with van der Waals surface area (Å²) in [6.45, 7) is 6.05. The van der Waals surface area contributed by atoms with Gasteiger partial charge in [-0.2, -0.15) is 5.10 Å². The lowest BCUT2D eigenvalue weighted by Gasteiger charge is -2.33. The van der Waals surface area contributed by atoms with Gasteiger partial charge >= 0.3 is 0 Å². The summed E-state index contributed by atoms with van der Waals surface area (Å²) < 4.78 is 0. The summed E-state index contributed by atoms with van der Waals surface area (Å²) in [5, 5.41) is 10.8. The minimum atomic E-state index is -0.00615. The van der Waals surface area contributed by atoms with Crippen LogP contribution in [0.1, 0.15) is 62.9 Å². The number of carbonyl (C=O) groups is 1.